The fourth-order valence-electron chi connectivity index (χ4n) is 4.93. The molecule has 1 heterocycles. The molecule has 0 radical (unpaired) electrons. The van der Waals surface area contributed by atoms with E-state index >= 15 is 0 Å². The summed E-state index contributed by atoms with van der Waals surface area (Å²) < 4.78 is 6.35. The molecule has 1 aliphatic carbocycles. The number of benzene rings is 2. The van der Waals surface area contributed by atoms with Gasteiger partial charge >= 0.3 is 0 Å². The third-order valence-electron chi connectivity index (χ3n) is 7.02. The van der Waals surface area contributed by atoms with E-state index in [2.05, 4.69) is 27.0 Å². The van der Waals surface area contributed by atoms with E-state index < -0.39 is 0 Å². The van der Waals surface area contributed by atoms with Gasteiger partial charge in [-0.2, -0.15) is 5.26 Å². The second-order valence-corrected chi connectivity index (χ2v) is 10.3. The van der Waals surface area contributed by atoms with Crippen molar-refractivity contribution >= 4 is 33.9 Å². The molecule has 2 aromatic carbocycles. The van der Waals surface area contributed by atoms with Crippen molar-refractivity contribution < 1.29 is 14.6 Å². The number of rotatable bonds is 14. The van der Waals surface area contributed by atoms with E-state index in [0.29, 0.717) is 34.7 Å². The molecule has 8 heteroatoms. The van der Waals surface area contributed by atoms with Crippen molar-refractivity contribution in [3.63, 3.8) is 0 Å². The number of hydrogen-bond donors (Lipinski definition) is 4. The molecule has 0 unspecified atom stereocenters. The number of nitrogens with one attached hydrogen (secondary N) is 3. The van der Waals surface area contributed by atoms with Gasteiger partial charge in [0.25, 0.3) is 0 Å². The van der Waals surface area contributed by atoms with Gasteiger partial charge in [-0.25, -0.2) is 0 Å². The first-order chi connectivity index (χ1) is 19.6. The van der Waals surface area contributed by atoms with Gasteiger partial charge in [0.1, 0.15) is 11.8 Å². The number of aliphatic hydroxyl groups excluding tert-OH is 1. The lowest BCUT2D eigenvalue weighted by Gasteiger charge is -2.19. The van der Waals surface area contributed by atoms with Gasteiger partial charge in [-0.1, -0.05) is 31.1 Å². The molecule has 0 spiro atoms. The van der Waals surface area contributed by atoms with Crippen molar-refractivity contribution in [2.75, 3.05) is 30.3 Å². The Bertz CT molecular complexity index is 1360. The van der Waals surface area contributed by atoms with Crippen LogP contribution in [0.1, 0.15) is 62.5 Å². The highest BCUT2D eigenvalue weighted by Crippen LogP contribution is 2.37. The molecule has 1 aromatic heterocycles. The molecule has 1 fully saturated rings. The molecule has 40 heavy (non-hydrogen) atoms. The fourth-order valence-corrected chi connectivity index (χ4v) is 4.93. The lowest BCUT2D eigenvalue weighted by molar-refractivity contribution is -0.111. The summed E-state index contributed by atoms with van der Waals surface area (Å²) >= 11 is 0. The lowest BCUT2D eigenvalue weighted by atomic mass is 10.1. The molecule has 3 aromatic rings. The minimum atomic E-state index is -0.252. The topological polar surface area (TPSA) is 119 Å². The molecular weight excluding hydrogens is 502 g/mol. The summed E-state index contributed by atoms with van der Waals surface area (Å²) in [6, 6.07) is 13.9. The predicted molar refractivity (Wildman–Crippen MR) is 160 cm³/mol. The van der Waals surface area contributed by atoms with Gasteiger partial charge in [0.15, 0.2) is 0 Å². The maximum absolute atomic E-state index is 12.9. The van der Waals surface area contributed by atoms with Gasteiger partial charge in [0.05, 0.1) is 28.6 Å². The molecule has 0 atom stereocenters. The summed E-state index contributed by atoms with van der Waals surface area (Å²) in [4.78, 5) is 17.4. The number of nitriles is 1. The predicted octanol–water partition coefficient (Wildman–Crippen LogP) is 6.12. The van der Waals surface area contributed by atoms with Crippen LogP contribution in [0.25, 0.3) is 10.9 Å². The number of aliphatic hydroxyl groups is 1. The number of aryl methyl sites for hydroxylation is 1. The molecule has 0 saturated heterocycles. The standard InChI is InChI=1S/C32H39N5O3/c1-23-10-8-11-25(18-23)36-32-24(21-33)22-35-28-20-30(40-26-12-4-5-13-26)29(19-27(28)32)37-31(39)14-9-16-34-15-6-2-3-7-17-38/h8-11,14,18-20,22,26,34,38H,2-7,12-13,15-17H2,1H3,(H,35,36)(H,37,39)/b14-9+. The number of pyridine rings is 1. The number of anilines is 3. The number of amides is 1. The first-order valence-electron chi connectivity index (χ1n) is 14.2. The van der Waals surface area contributed by atoms with Crippen molar-refractivity contribution in [3.8, 4) is 11.8 Å². The Labute approximate surface area is 236 Å². The zero-order valence-electron chi connectivity index (χ0n) is 23.2. The Morgan fingerprint density at radius 3 is 2.77 bits per heavy atom. The van der Waals surface area contributed by atoms with Crippen LogP contribution in [-0.2, 0) is 4.79 Å². The van der Waals surface area contributed by atoms with Gasteiger partial charge in [-0.3, -0.25) is 9.78 Å². The fraction of sp³-hybridized carbons (Fsp3) is 0.406. The molecule has 4 N–H and O–H groups in total. The molecule has 4 rings (SSSR count). The van der Waals surface area contributed by atoms with Gasteiger partial charge in [0.2, 0.25) is 5.91 Å². The summed E-state index contributed by atoms with van der Waals surface area (Å²) in [5.74, 6) is 0.332. The number of carbonyl (C=O) groups excluding carboxylic acids is 1. The Hall–Kier alpha value is -3.93. The third-order valence-corrected chi connectivity index (χ3v) is 7.02. The Kier molecular flexibility index (Phi) is 10.9. The maximum atomic E-state index is 12.9. The maximum Gasteiger partial charge on any atom is 0.248 e. The van der Waals surface area contributed by atoms with Crippen molar-refractivity contribution in [1.82, 2.24) is 10.3 Å². The van der Waals surface area contributed by atoms with Gasteiger partial charge in [-0.05, 0) is 75.8 Å². The molecule has 1 saturated carbocycles. The Morgan fingerprint density at radius 1 is 1.18 bits per heavy atom. The van der Waals surface area contributed by atoms with Crippen LogP contribution in [0, 0.1) is 18.3 Å². The van der Waals surface area contributed by atoms with Crippen molar-refractivity contribution in [2.24, 2.45) is 0 Å². The highest BCUT2D eigenvalue weighted by atomic mass is 16.5. The summed E-state index contributed by atoms with van der Waals surface area (Å²) in [5, 5.41) is 29.1. The summed E-state index contributed by atoms with van der Waals surface area (Å²) in [6.07, 6.45) is 13.2. The number of carbonyl (C=O) groups is 1. The minimum Gasteiger partial charge on any atom is -0.488 e. The van der Waals surface area contributed by atoms with E-state index in [0.717, 1.165) is 74.5 Å². The smallest absolute Gasteiger partial charge is 0.248 e. The minimum absolute atomic E-state index is 0.105. The van der Waals surface area contributed by atoms with E-state index in [9.17, 15) is 10.1 Å². The van der Waals surface area contributed by atoms with Crippen molar-refractivity contribution in [2.45, 2.75) is 64.4 Å². The first kappa shape index (κ1) is 29.1. The largest absolute Gasteiger partial charge is 0.488 e. The van der Waals surface area contributed by atoms with Crippen LogP contribution in [0.3, 0.4) is 0 Å². The zero-order valence-corrected chi connectivity index (χ0v) is 23.2. The first-order valence-corrected chi connectivity index (χ1v) is 14.2. The third kappa shape index (κ3) is 8.28. The van der Waals surface area contributed by atoms with E-state index in [1.165, 1.54) is 6.08 Å². The monoisotopic (exact) mass is 541 g/mol. The van der Waals surface area contributed by atoms with Crippen LogP contribution in [0.5, 0.6) is 5.75 Å². The van der Waals surface area contributed by atoms with Crippen LogP contribution < -0.4 is 20.7 Å². The van der Waals surface area contributed by atoms with Crippen LogP contribution >= 0.6 is 0 Å². The van der Waals surface area contributed by atoms with Crippen LogP contribution in [0.4, 0.5) is 17.1 Å². The Morgan fingerprint density at radius 2 is 2.00 bits per heavy atom. The van der Waals surface area contributed by atoms with Crippen LogP contribution in [0.15, 0.2) is 54.7 Å². The van der Waals surface area contributed by atoms with E-state index in [4.69, 9.17) is 9.84 Å². The van der Waals surface area contributed by atoms with Crippen molar-refractivity contribution in [3.05, 3.63) is 65.9 Å². The SMILES string of the molecule is Cc1cccc(Nc2c(C#N)cnc3cc(OC4CCCC4)c(NC(=O)/C=C/CNCCCCCCO)cc23)c1. The number of aromatic nitrogens is 1. The lowest BCUT2D eigenvalue weighted by Crippen LogP contribution is -2.17. The molecule has 1 amide bonds. The Balaban J connectivity index is 1.54. The second kappa shape index (κ2) is 15.0. The number of hydrogen-bond acceptors (Lipinski definition) is 7. The normalized spacial score (nSPS) is 13.5. The molecule has 0 aliphatic heterocycles. The summed E-state index contributed by atoms with van der Waals surface area (Å²) in [5.41, 5.74) is 4.25. The van der Waals surface area contributed by atoms with Crippen molar-refractivity contribution in [1.29, 1.82) is 5.26 Å². The molecule has 0 bridgehead atoms. The molecule has 8 nitrogen and oxygen atoms in total. The summed E-state index contributed by atoms with van der Waals surface area (Å²) in [6.45, 7) is 3.73. The molecular formula is C32H39N5O3. The second-order valence-electron chi connectivity index (χ2n) is 10.3. The average Bonchev–Trinajstić information content (AvgIpc) is 3.46. The number of nitrogens with zero attached hydrogens (tertiary/aromatic N) is 2. The van der Waals surface area contributed by atoms with Gasteiger partial charge < -0.3 is 25.8 Å². The number of fused-ring (bicyclic) bond motifs is 1. The number of ether oxygens (including phenoxy) is 1. The highest BCUT2D eigenvalue weighted by molar-refractivity contribution is 6.04. The average molecular weight is 542 g/mol. The quantitative estimate of drug-likeness (QED) is 0.143. The number of unbranched alkanes of at least 4 members (excludes halogenated alkanes) is 3. The summed E-state index contributed by atoms with van der Waals surface area (Å²) in [7, 11) is 0. The molecule has 1 aliphatic rings. The zero-order chi connectivity index (χ0) is 28.2. The molecule has 210 valence electrons. The van der Waals surface area contributed by atoms with Gasteiger partial charge in [0, 0.05) is 42.6 Å². The highest BCUT2D eigenvalue weighted by Gasteiger charge is 2.21. The van der Waals surface area contributed by atoms with Crippen LogP contribution in [-0.4, -0.2) is 41.8 Å². The van der Waals surface area contributed by atoms with Gasteiger partial charge in [-0.15, -0.1) is 0 Å². The van der Waals surface area contributed by atoms with E-state index in [-0.39, 0.29) is 18.6 Å². The van der Waals surface area contributed by atoms with Crippen LogP contribution in [0.2, 0.25) is 0 Å². The van der Waals surface area contributed by atoms with E-state index in [1.54, 1.807) is 6.20 Å². The van der Waals surface area contributed by atoms with E-state index in [1.807, 2.05) is 49.4 Å².